The van der Waals surface area contributed by atoms with Gasteiger partial charge in [-0.25, -0.2) is 4.98 Å². The number of aromatic nitrogens is 1. The minimum atomic E-state index is -0.462. The maximum absolute atomic E-state index is 11.7. The second-order valence-corrected chi connectivity index (χ2v) is 4.65. The number of nitrogens with zero attached hydrogens (tertiary/aromatic N) is 1. The van der Waals surface area contributed by atoms with Crippen molar-refractivity contribution in [2.45, 2.75) is 23.6 Å². The zero-order chi connectivity index (χ0) is 12.3. The van der Waals surface area contributed by atoms with Crippen molar-refractivity contribution >= 4 is 29.3 Å². The molecule has 0 spiro atoms. The molecule has 2 heterocycles. The average molecular weight is 252 g/mol. The monoisotopic (exact) mass is 252 g/mol. The molecule has 1 aromatic rings. The van der Waals surface area contributed by atoms with Gasteiger partial charge in [0.25, 0.3) is 0 Å². The molecule has 0 bridgehead atoms. The lowest BCUT2D eigenvalue weighted by Gasteiger charge is -2.22. The molecular weight excluding hydrogens is 240 g/mol. The van der Waals surface area contributed by atoms with Crippen molar-refractivity contribution in [1.82, 2.24) is 4.98 Å². The van der Waals surface area contributed by atoms with E-state index in [4.69, 9.17) is 4.74 Å². The summed E-state index contributed by atoms with van der Waals surface area (Å²) >= 11 is 1.30. The van der Waals surface area contributed by atoms with Gasteiger partial charge in [0.15, 0.2) is 0 Å². The normalized spacial score (nSPS) is 18.2. The van der Waals surface area contributed by atoms with Crippen LogP contribution in [-0.2, 0) is 14.3 Å². The van der Waals surface area contributed by atoms with E-state index in [0.29, 0.717) is 12.3 Å². The maximum Gasteiger partial charge on any atom is 0.307 e. The van der Waals surface area contributed by atoms with Crippen molar-refractivity contribution in [2.24, 2.45) is 0 Å². The molecule has 0 saturated carbocycles. The number of amides is 1. The molecule has 0 radical (unpaired) electrons. The SMILES string of the molecule is CCOC(=O)C[C@@H]1Sc2ncccc2NC1=O. The van der Waals surface area contributed by atoms with Gasteiger partial charge in [-0.1, -0.05) is 11.8 Å². The summed E-state index contributed by atoms with van der Waals surface area (Å²) in [5.41, 5.74) is 0.697. The Morgan fingerprint density at radius 1 is 1.65 bits per heavy atom. The molecule has 17 heavy (non-hydrogen) atoms. The Labute approximate surface area is 103 Å². The molecule has 0 saturated heterocycles. The molecule has 1 N–H and O–H groups in total. The van der Waals surface area contributed by atoms with Crippen LogP contribution in [-0.4, -0.2) is 28.7 Å². The van der Waals surface area contributed by atoms with Crippen LogP contribution in [0.1, 0.15) is 13.3 Å². The number of anilines is 1. The van der Waals surface area contributed by atoms with E-state index in [-0.39, 0.29) is 18.3 Å². The fourth-order valence-electron chi connectivity index (χ4n) is 1.49. The lowest BCUT2D eigenvalue weighted by Crippen LogP contribution is -2.31. The lowest BCUT2D eigenvalue weighted by atomic mass is 10.2. The molecule has 0 fully saturated rings. The number of pyridine rings is 1. The third-order valence-corrected chi connectivity index (χ3v) is 3.45. The molecule has 1 amide bonds. The number of fused-ring (bicyclic) bond motifs is 1. The molecular formula is C11H12N2O3S. The summed E-state index contributed by atoms with van der Waals surface area (Å²) in [7, 11) is 0. The van der Waals surface area contributed by atoms with Gasteiger partial charge in [-0.05, 0) is 19.1 Å². The average Bonchev–Trinajstić information content (AvgIpc) is 2.30. The maximum atomic E-state index is 11.7. The number of esters is 1. The van der Waals surface area contributed by atoms with E-state index in [0.717, 1.165) is 5.03 Å². The highest BCUT2D eigenvalue weighted by Gasteiger charge is 2.29. The van der Waals surface area contributed by atoms with Crippen LogP contribution in [0.2, 0.25) is 0 Å². The standard InChI is InChI=1S/C11H12N2O3S/c1-2-16-9(14)6-8-10(15)13-7-4-3-5-12-11(7)17-8/h3-5,8H,2,6H2,1H3,(H,13,15)/t8-/m0/s1. The summed E-state index contributed by atoms with van der Waals surface area (Å²) in [6.45, 7) is 2.06. The van der Waals surface area contributed by atoms with E-state index < -0.39 is 5.25 Å². The highest BCUT2D eigenvalue weighted by Crippen LogP contribution is 2.34. The Balaban J connectivity index is 2.07. The van der Waals surface area contributed by atoms with E-state index in [2.05, 4.69) is 10.3 Å². The fraction of sp³-hybridized carbons (Fsp3) is 0.364. The molecule has 0 aromatic carbocycles. The summed E-state index contributed by atoms with van der Waals surface area (Å²) in [6.07, 6.45) is 1.73. The Bertz CT molecular complexity index is 450. The van der Waals surface area contributed by atoms with Gasteiger partial charge in [-0.15, -0.1) is 0 Å². The van der Waals surface area contributed by atoms with Crippen molar-refractivity contribution in [3.8, 4) is 0 Å². The Morgan fingerprint density at radius 3 is 3.24 bits per heavy atom. The molecule has 0 aliphatic carbocycles. The topological polar surface area (TPSA) is 68.3 Å². The zero-order valence-electron chi connectivity index (χ0n) is 9.30. The molecule has 1 aliphatic heterocycles. The van der Waals surface area contributed by atoms with Gasteiger partial charge in [0.2, 0.25) is 5.91 Å². The minimum absolute atomic E-state index is 0.0698. The second-order valence-electron chi connectivity index (χ2n) is 3.46. The van der Waals surface area contributed by atoms with Crippen molar-refractivity contribution in [3.05, 3.63) is 18.3 Å². The van der Waals surface area contributed by atoms with Crippen LogP contribution in [0.4, 0.5) is 5.69 Å². The number of hydrogen-bond acceptors (Lipinski definition) is 5. The number of carbonyl (C=O) groups excluding carboxylic acids is 2. The molecule has 90 valence electrons. The van der Waals surface area contributed by atoms with Crippen LogP contribution in [0.25, 0.3) is 0 Å². The van der Waals surface area contributed by atoms with Crippen molar-refractivity contribution in [1.29, 1.82) is 0 Å². The minimum Gasteiger partial charge on any atom is -0.466 e. The van der Waals surface area contributed by atoms with Gasteiger partial charge in [0.1, 0.15) is 10.3 Å². The fourth-order valence-corrected chi connectivity index (χ4v) is 2.51. The molecule has 1 atom stereocenters. The van der Waals surface area contributed by atoms with Gasteiger partial charge in [0, 0.05) is 6.20 Å². The molecule has 2 rings (SSSR count). The number of rotatable bonds is 3. The van der Waals surface area contributed by atoms with Gasteiger partial charge in [-0.2, -0.15) is 0 Å². The van der Waals surface area contributed by atoms with E-state index in [1.165, 1.54) is 11.8 Å². The Morgan fingerprint density at radius 2 is 2.47 bits per heavy atom. The number of ether oxygens (including phenoxy) is 1. The molecule has 5 nitrogen and oxygen atoms in total. The third kappa shape index (κ3) is 2.76. The number of thioether (sulfide) groups is 1. The summed E-state index contributed by atoms with van der Waals surface area (Å²) < 4.78 is 4.83. The number of nitrogens with one attached hydrogen (secondary N) is 1. The predicted molar refractivity (Wildman–Crippen MR) is 63.8 cm³/mol. The quantitative estimate of drug-likeness (QED) is 0.824. The van der Waals surface area contributed by atoms with Crippen molar-refractivity contribution in [2.75, 3.05) is 11.9 Å². The van der Waals surface area contributed by atoms with Gasteiger partial charge < -0.3 is 10.1 Å². The predicted octanol–water partition coefficient (Wildman–Crippen LogP) is 1.45. The first-order valence-corrected chi connectivity index (χ1v) is 6.17. The van der Waals surface area contributed by atoms with Gasteiger partial charge in [0.05, 0.1) is 18.7 Å². The van der Waals surface area contributed by atoms with Crippen LogP contribution in [0, 0.1) is 0 Å². The van der Waals surface area contributed by atoms with E-state index in [1.54, 1.807) is 25.3 Å². The van der Waals surface area contributed by atoms with Crippen LogP contribution in [0.3, 0.4) is 0 Å². The van der Waals surface area contributed by atoms with Crippen LogP contribution < -0.4 is 5.32 Å². The largest absolute Gasteiger partial charge is 0.466 e. The summed E-state index contributed by atoms with van der Waals surface area (Å²) in [6, 6.07) is 3.54. The lowest BCUT2D eigenvalue weighted by molar-refractivity contribution is -0.143. The highest BCUT2D eigenvalue weighted by molar-refractivity contribution is 8.00. The zero-order valence-corrected chi connectivity index (χ0v) is 10.1. The van der Waals surface area contributed by atoms with Crippen LogP contribution in [0.5, 0.6) is 0 Å². The van der Waals surface area contributed by atoms with Gasteiger partial charge in [-0.3, -0.25) is 9.59 Å². The van der Waals surface area contributed by atoms with Crippen LogP contribution in [0.15, 0.2) is 23.4 Å². The third-order valence-electron chi connectivity index (χ3n) is 2.23. The summed E-state index contributed by atoms with van der Waals surface area (Å²) in [5.74, 6) is -0.539. The Kier molecular flexibility index (Phi) is 3.63. The smallest absolute Gasteiger partial charge is 0.307 e. The second kappa shape index (κ2) is 5.18. The van der Waals surface area contributed by atoms with E-state index in [9.17, 15) is 9.59 Å². The van der Waals surface area contributed by atoms with Gasteiger partial charge >= 0.3 is 5.97 Å². The number of hydrogen-bond donors (Lipinski definition) is 1. The van der Waals surface area contributed by atoms with E-state index in [1.807, 2.05) is 0 Å². The summed E-state index contributed by atoms with van der Waals surface area (Å²) in [4.78, 5) is 27.2. The number of carbonyl (C=O) groups is 2. The van der Waals surface area contributed by atoms with Crippen LogP contribution >= 0.6 is 11.8 Å². The first-order chi connectivity index (χ1) is 8.20. The molecule has 6 heteroatoms. The molecule has 0 unspecified atom stereocenters. The Hall–Kier alpha value is -1.56. The highest BCUT2D eigenvalue weighted by atomic mass is 32.2. The first kappa shape index (κ1) is 11.9. The summed E-state index contributed by atoms with van der Waals surface area (Å²) in [5, 5.41) is 3.00. The van der Waals surface area contributed by atoms with E-state index >= 15 is 0 Å². The van der Waals surface area contributed by atoms with Crippen molar-refractivity contribution < 1.29 is 14.3 Å². The van der Waals surface area contributed by atoms with Crippen molar-refractivity contribution in [3.63, 3.8) is 0 Å². The molecule has 1 aliphatic rings. The first-order valence-electron chi connectivity index (χ1n) is 5.29. The molecule has 1 aromatic heterocycles.